The van der Waals surface area contributed by atoms with Crippen LogP contribution < -0.4 is 0 Å². The Morgan fingerprint density at radius 1 is 0.619 bits per heavy atom. The van der Waals surface area contributed by atoms with Crippen molar-refractivity contribution in [2.75, 3.05) is 0 Å². The van der Waals surface area contributed by atoms with Crippen LogP contribution in [-0.2, 0) is 38.8 Å². The molecule has 2 heterocycles. The van der Waals surface area contributed by atoms with E-state index in [9.17, 15) is 26.3 Å². The zero-order valence-electron chi connectivity index (χ0n) is 22.2. The maximum absolute atomic E-state index is 13.9. The fourth-order valence-electron chi connectivity index (χ4n) is 4.50. The molecule has 0 bridgehead atoms. The maximum atomic E-state index is 13.9. The van der Waals surface area contributed by atoms with Crippen LogP contribution in [0.1, 0.15) is 36.2 Å². The minimum absolute atomic E-state index is 0. The molecule has 0 saturated carbocycles. The van der Waals surface area contributed by atoms with Crippen molar-refractivity contribution < 1.29 is 47.4 Å². The van der Waals surface area contributed by atoms with Crippen LogP contribution in [0.15, 0.2) is 97.2 Å². The Morgan fingerprint density at radius 3 is 1.98 bits per heavy atom. The second-order valence-corrected chi connectivity index (χ2v) is 10.0. The summed E-state index contributed by atoms with van der Waals surface area (Å²) in [5, 5.41) is 0. The molecule has 0 radical (unpaired) electrons. The van der Waals surface area contributed by atoms with Gasteiger partial charge in [0.1, 0.15) is 0 Å². The molecule has 3 aromatic carbocycles. The van der Waals surface area contributed by atoms with Crippen molar-refractivity contribution in [2.45, 2.75) is 31.6 Å². The van der Waals surface area contributed by atoms with Gasteiger partial charge in [0.15, 0.2) is 0 Å². The van der Waals surface area contributed by atoms with E-state index >= 15 is 0 Å². The Bertz CT molecular complexity index is 1700. The Labute approximate surface area is 253 Å². The van der Waals surface area contributed by atoms with Gasteiger partial charge in [-0.15, -0.1) is 17.7 Å². The summed E-state index contributed by atoms with van der Waals surface area (Å²) in [7, 11) is 0. The van der Waals surface area contributed by atoms with E-state index in [1.54, 1.807) is 24.4 Å². The van der Waals surface area contributed by atoms with E-state index < -0.39 is 28.9 Å². The van der Waals surface area contributed by atoms with Crippen molar-refractivity contribution in [3.8, 4) is 33.6 Å². The number of hydrogen-bond donors (Lipinski definition) is 0. The van der Waals surface area contributed by atoms with Gasteiger partial charge in [-0.05, 0) is 41.0 Å². The Morgan fingerprint density at radius 2 is 1.29 bits per heavy atom. The first-order valence-electron chi connectivity index (χ1n) is 12.6. The van der Waals surface area contributed by atoms with Crippen LogP contribution in [-0.4, -0.2) is 9.97 Å². The number of hydrogen-bond acceptors (Lipinski definition) is 2. The van der Waals surface area contributed by atoms with Crippen LogP contribution in [0.25, 0.3) is 33.6 Å². The van der Waals surface area contributed by atoms with E-state index in [-0.39, 0.29) is 43.4 Å². The van der Waals surface area contributed by atoms with Crippen molar-refractivity contribution in [2.24, 2.45) is 0 Å². The molecule has 5 aromatic rings. The first-order valence-corrected chi connectivity index (χ1v) is 12.6. The minimum Gasteiger partial charge on any atom is -0.291 e. The molecule has 2 aromatic heterocycles. The largest absolute Gasteiger partial charge is 2.00 e. The van der Waals surface area contributed by atoms with Crippen LogP contribution in [0.3, 0.4) is 0 Å². The van der Waals surface area contributed by atoms with Crippen molar-refractivity contribution in [1.82, 2.24) is 9.97 Å². The zero-order chi connectivity index (χ0) is 29.4. The molecule has 5 rings (SSSR count). The third kappa shape index (κ3) is 6.65. The molecular weight excluding hydrogens is 733 g/mol. The number of aromatic nitrogens is 2. The number of benzene rings is 3. The molecule has 0 aliphatic heterocycles. The van der Waals surface area contributed by atoms with Gasteiger partial charge in [-0.1, -0.05) is 50.2 Å². The van der Waals surface area contributed by atoms with Gasteiger partial charge in [-0.25, -0.2) is 5.56 Å². The predicted octanol–water partition coefficient (Wildman–Crippen LogP) is 9.44. The van der Waals surface area contributed by atoms with Crippen molar-refractivity contribution in [3.63, 3.8) is 0 Å². The first-order chi connectivity index (χ1) is 19.3. The van der Waals surface area contributed by atoms with E-state index in [1.807, 2.05) is 56.3 Å². The zero-order valence-corrected chi connectivity index (χ0v) is 24.5. The van der Waals surface area contributed by atoms with Gasteiger partial charge in [0, 0.05) is 28.6 Å². The van der Waals surface area contributed by atoms with Crippen LogP contribution in [0.2, 0.25) is 0 Å². The summed E-state index contributed by atoms with van der Waals surface area (Å²) < 4.78 is 81.5. The van der Waals surface area contributed by atoms with Gasteiger partial charge < -0.3 is 0 Å². The predicted molar refractivity (Wildman–Crippen MR) is 145 cm³/mol. The molecule has 0 aliphatic carbocycles. The van der Waals surface area contributed by atoms with Crippen LogP contribution in [0, 0.1) is 12.1 Å². The second-order valence-electron chi connectivity index (χ2n) is 10.0. The van der Waals surface area contributed by atoms with Crippen molar-refractivity contribution in [3.05, 3.63) is 132 Å². The molecule has 0 atom stereocenters. The van der Waals surface area contributed by atoms with Crippen LogP contribution in [0.5, 0.6) is 0 Å². The summed E-state index contributed by atoms with van der Waals surface area (Å²) >= 11 is 0. The summed E-state index contributed by atoms with van der Waals surface area (Å²) in [6.07, 6.45) is -7.71. The SMILES string of the molecule is CC(C)(c1cccc(-c2ccccn2)c1)c1cccc(-c2[c-]c(-c3[c-]ccc(C(F)(F)F)c3)cc(C(F)(F)F)c2)n1.[Pt+2]. The van der Waals surface area contributed by atoms with E-state index in [0.29, 0.717) is 5.69 Å². The van der Waals surface area contributed by atoms with Crippen molar-refractivity contribution in [1.29, 1.82) is 0 Å². The fraction of sp³-hybridized carbons (Fsp3) is 0.152. The van der Waals surface area contributed by atoms with E-state index in [0.717, 1.165) is 47.2 Å². The quantitative estimate of drug-likeness (QED) is 0.132. The molecule has 2 nitrogen and oxygen atoms in total. The van der Waals surface area contributed by atoms with Crippen LogP contribution in [0.4, 0.5) is 26.3 Å². The molecule has 216 valence electrons. The molecule has 42 heavy (non-hydrogen) atoms. The third-order valence-electron chi connectivity index (χ3n) is 6.83. The monoisotopic (exact) mass is 755 g/mol. The summed E-state index contributed by atoms with van der Waals surface area (Å²) in [4.78, 5) is 9.11. The van der Waals surface area contributed by atoms with Gasteiger partial charge in [-0.2, -0.15) is 62.2 Å². The maximum Gasteiger partial charge on any atom is 2.00 e. The number of halogens is 6. The molecular formula is C33H22F6N2Pt. The molecule has 0 spiro atoms. The Kier molecular flexibility index (Phi) is 8.79. The molecule has 0 amide bonds. The van der Waals surface area contributed by atoms with Crippen molar-refractivity contribution >= 4 is 0 Å². The average molecular weight is 756 g/mol. The summed E-state index contributed by atoms with van der Waals surface area (Å²) in [5.41, 5.74) is 0.408. The van der Waals surface area contributed by atoms with Gasteiger partial charge in [-0.3, -0.25) is 9.97 Å². The van der Waals surface area contributed by atoms with Gasteiger partial charge in [0.05, 0.1) is 5.69 Å². The standard InChI is InChI=1S/C33H22F6N2.Pt/c1-31(2,25-10-6-9-22(18-25)28-12-3-4-15-40-28)30-14-7-13-29(41-30)24-16-23(19-27(20-24)33(37,38)39)21-8-5-11-26(17-21)32(34,35)36;/h3-7,9-15,17-20H,1-2H3;/q-2;+2. The molecule has 0 aliphatic rings. The number of nitrogens with zero attached hydrogens (tertiary/aromatic N) is 2. The molecule has 0 fully saturated rings. The number of alkyl halides is 6. The normalized spacial score (nSPS) is 12.1. The summed E-state index contributed by atoms with van der Waals surface area (Å²) in [6.45, 7) is 3.91. The molecule has 0 unspecified atom stereocenters. The first kappa shape index (κ1) is 31.2. The summed E-state index contributed by atoms with van der Waals surface area (Å²) in [5.74, 6) is 0. The third-order valence-corrected chi connectivity index (χ3v) is 6.83. The number of rotatable bonds is 5. The topological polar surface area (TPSA) is 25.8 Å². The molecule has 9 heteroatoms. The second kappa shape index (κ2) is 11.8. The minimum atomic E-state index is -4.75. The Balaban J connectivity index is 0.00000405. The number of pyridine rings is 2. The molecule has 0 saturated heterocycles. The average Bonchev–Trinajstić information content (AvgIpc) is 2.97. The van der Waals surface area contributed by atoms with Gasteiger partial charge in [0.2, 0.25) is 0 Å². The van der Waals surface area contributed by atoms with E-state index in [4.69, 9.17) is 4.98 Å². The van der Waals surface area contributed by atoms with Gasteiger partial charge >= 0.3 is 33.4 Å². The van der Waals surface area contributed by atoms with Crippen LogP contribution >= 0.6 is 0 Å². The molecule has 0 N–H and O–H groups in total. The summed E-state index contributed by atoms with van der Waals surface area (Å²) in [6, 6.07) is 28.2. The van der Waals surface area contributed by atoms with Gasteiger partial charge in [0.25, 0.3) is 0 Å². The van der Waals surface area contributed by atoms with E-state index in [2.05, 4.69) is 17.1 Å². The smallest absolute Gasteiger partial charge is 0.291 e. The van der Waals surface area contributed by atoms with E-state index in [1.165, 1.54) is 0 Å². The fourth-order valence-corrected chi connectivity index (χ4v) is 4.50. The Hall–Kier alpha value is -3.77.